The maximum Gasteiger partial charge on any atom is 0.150 e. The van der Waals surface area contributed by atoms with Crippen LogP contribution < -0.4 is 5.32 Å². The molecule has 2 aromatic heterocycles. The summed E-state index contributed by atoms with van der Waals surface area (Å²) in [5.41, 5.74) is 1.82. The van der Waals surface area contributed by atoms with Crippen LogP contribution in [0, 0.1) is 11.6 Å². The van der Waals surface area contributed by atoms with Gasteiger partial charge in [-0.15, -0.1) is 11.3 Å². The van der Waals surface area contributed by atoms with E-state index >= 15 is 0 Å². The van der Waals surface area contributed by atoms with E-state index in [9.17, 15) is 8.78 Å². The lowest BCUT2D eigenvalue weighted by atomic mass is 10.2. The van der Waals surface area contributed by atoms with Crippen LogP contribution >= 0.6 is 22.9 Å². The molecular weight excluding hydrogens is 316 g/mol. The second kappa shape index (κ2) is 5.83. The number of nitrogens with one attached hydrogen (secondary N) is 2. The summed E-state index contributed by atoms with van der Waals surface area (Å²) in [7, 11) is 0. The Kier molecular flexibility index (Phi) is 3.90. The molecule has 0 aliphatic heterocycles. The van der Waals surface area contributed by atoms with E-state index in [1.165, 1.54) is 0 Å². The van der Waals surface area contributed by atoms with E-state index in [1.54, 1.807) is 17.5 Å². The van der Waals surface area contributed by atoms with E-state index in [1.807, 2.05) is 17.5 Å². The number of benzene rings is 1. The van der Waals surface area contributed by atoms with Crippen LogP contribution in [-0.4, -0.2) is 10.2 Å². The van der Waals surface area contributed by atoms with Crippen molar-refractivity contribution in [3.63, 3.8) is 0 Å². The molecule has 2 heterocycles. The van der Waals surface area contributed by atoms with Gasteiger partial charge in [0.15, 0.2) is 5.82 Å². The van der Waals surface area contributed by atoms with Crippen molar-refractivity contribution in [3.05, 3.63) is 58.1 Å². The van der Waals surface area contributed by atoms with Gasteiger partial charge in [0, 0.05) is 18.2 Å². The van der Waals surface area contributed by atoms with E-state index in [0.29, 0.717) is 6.54 Å². The lowest BCUT2D eigenvalue weighted by Gasteiger charge is -2.09. The zero-order valence-electron chi connectivity index (χ0n) is 10.7. The average molecular weight is 326 g/mol. The number of aromatic amines is 1. The second-order valence-corrected chi connectivity index (χ2v) is 5.70. The lowest BCUT2D eigenvalue weighted by Crippen LogP contribution is -2.03. The quantitative estimate of drug-likeness (QED) is 0.731. The predicted molar refractivity (Wildman–Crippen MR) is 80.6 cm³/mol. The SMILES string of the molecule is Fc1cc(F)c(NCc2cn[nH]c2-c2cccs2)c(Cl)c1. The summed E-state index contributed by atoms with van der Waals surface area (Å²) in [6.45, 7) is 0.325. The first-order valence-electron chi connectivity index (χ1n) is 6.09. The Balaban J connectivity index is 1.82. The number of aromatic nitrogens is 2. The average Bonchev–Trinajstić information content (AvgIpc) is 3.07. The van der Waals surface area contributed by atoms with E-state index in [4.69, 9.17) is 11.6 Å². The third-order valence-electron chi connectivity index (χ3n) is 2.95. The molecule has 0 saturated heterocycles. The molecule has 3 aromatic rings. The van der Waals surface area contributed by atoms with Crippen LogP contribution in [0.15, 0.2) is 35.8 Å². The molecule has 3 nitrogen and oxygen atoms in total. The maximum absolute atomic E-state index is 13.7. The second-order valence-electron chi connectivity index (χ2n) is 4.35. The number of nitrogens with zero attached hydrogens (tertiary/aromatic N) is 1. The molecule has 3 rings (SSSR count). The van der Waals surface area contributed by atoms with Crippen molar-refractivity contribution in [1.29, 1.82) is 0 Å². The normalized spacial score (nSPS) is 10.8. The van der Waals surface area contributed by atoms with Gasteiger partial charge in [-0.1, -0.05) is 17.7 Å². The van der Waals surface area contributed by atoms with Gasteiger partial charge in [-0.2, -0.15) is 5.10 Å². The number of anilines is 1. The number of thiophene rings is 1. The first-order valence-corrected chi connectivity index (χ1v) is 7.35. The van der Waals surface area contributed by atoms with Crippen LogP contribution in [0.2, 0.25) is 5.02 Å². The minimum absolute atomic E-state index is 0.00803. The number of halogens is 3. The molecule has 0 spiro atoms. The third kappa shape index (κ3) is 2.91. The van der Waals surface area contributed by atoms with Gasteiger partial charge in [-0.25, -0.2) is 8.78 Å². The van der Waals surface area contributed by atoms with Crippen molar-refractivity contribution in [1.82, 2.24) is 10.2 Å². The lowest BCUT2D eigenvalue weighted by molar-refractivity contribution is 0.585. The zero-order chi connectivity index (χ0) is 14.8. The van der Waals surface area contributed by atoms with E-state index in [0.717, 1.165) is 28.3 Å². The Morgan fingerprint density at radius 3 is 2.90 bits per heavy atom. The molecule has 0 atom stereocenters. The summed E-state index contributed by atoms with van der Waals surface area (Å²) in [5.74, 6) is -1.42. The van der Waals surface area contributed by atoms with E-state index in [2.05, 4.69) is 15.5 Å². The molecule has 21 heavy (non-hydrogen) atoms. The smallest absolute Gasteiger partial charge is 0.150 e. The Morgan fingerprint density at radius 2 is 2.19 bits per heavy atom. The fourth-order valence-corrected chi connectivity index (χ4v) is 2.99. The van der Waals surface area contributed by atoms with Crippen molar-refractivity contribution >= 4 is 28.6 Å². The minimum Gasteiger partial charge on any atom is -0.377 e. The molecule has 0 aliphatic rings. The number of rotatable bonds is 4. The van der Waals surface area contributed by atoms with Crippen molar-refractivity contribution < 1.29 is 8.78 Å². The summed E-state index contributed by atoms with van der Waals surface area (Å²) < 4.78 is 26.7. The van der Waals surface area contributed by atoms with Crippen LogP contribution in [0.3, 0.4) is 0 Å². The summed E-state index contributed by atoms with van der Waals surface area (Å²) in [4.78, 5) is 1.04. The Bertz CT molecular complexity index is 732. The summed E-state index contributed by atoms with van der Waals surface area (Å²) in [6, 6.07) is 5.77. The number of hydrogen-bond acceptors (Lipinski definition) is 3. The van der Waals surface area contributed by atoms with Crippen LogP contribution in [-0.2, 0) is 6.54 Å². The molecular formula is C14H10ClF2N3S. The molecule has 0 bridgehead atoms. The summed E-state index contributed by atoms with van der Waals surface area (Å²) in [5, 5.41) is 11.8. The highest BCUT2D eigenvalue weighted by atomic mass is 35.5. The van der Waals surface area contributed by atoms with Crippen molar-refractivity contribution in [2.75, 3.05) is 5.32 Å². The van der Waals surface area contributed by atoms with Gasteiger partial charge >= 0.3 is 0 Å². The van der Waals surface area contributed by atoms with Crippen LogP contribution in [0.25, 0.3) is 10.6 Å². The van der Waals surface area contributed by atoms with Gasteiger partial charge in [0.2, 0.25) is 0 Å². The standard InChI is InChI=1S/C14H10ClF2N3S/c15-10-4-9(16)5-11(17)14(10)18-6-8-7-19-20-13(8)12-2-1-3-21-12/h1-5,7,18H,6H2,(H,19,20). The monoisotopic (exact) mass is 325 g/mol. The van der Waals surface area contributed by atoms with Gasteiger partial charge in [0.1, 0.15) is 5.82 Å². The first kappa shape index (κ1) is 14.0. The van der Waals surface area contributed by atoms with Crippen molar-refractivity contribution in [2.45, 2.75) is 6.54 Å². The highest BCUT2D eigenvalue weighted by Crippen LogP contribution is 2.29. The van der Waals surface area contributed by atoms with Gasteiger partial charge in [0.25, 0.3) is 0 Å². The molecule has 2 N–H and O–H groups in total. The fourth-order valence-electron chi connectivity index (χ4n) is 1.97. The zero-order valence-corrected chi connectivity index (χ0v) is 12.2. The molecule has 0 amide bonds. The fraction of sp³-hybridized carbons (Fsp3) is 0.0714. The van der Waals surface area contributed by atoms with Gasteiger partial charge in [0.05, 0.1) is 27.5 Å². The molecule has 0 radical (unpaired) electrons. The third-order valence-corrected chi connectivity index (χ3v) is 4.13. The summed E-state index contributed by atoms with van der Waals surface area (Å²) >= 11 is 7.43. The maximum atomic E-state index is 13.7. The Morgan fingerprint density at radius 1 is 1.33 bits per heavy atom. The van der Waals surface area contributed by atoms with Crippen molar-refractivity contribution in [3.8, 4) is 10.6 Å². The molecule has 1 aromatic carbocycles. The van der Waals surface area contributed by atoms with E-state index in [-0.39, 0.29) is 10.7 Å². The molecule has 0 aliphatic carbocycles. The molecule has 108 valence electrons. The Labute approximate surface area is 128 Å². The van der Waals surface area contributed by atoms with Crippen LogP contribution in [0.1, 0.15) is 5.56 Å². The van der Waals surface area contributed by atoms with Gasteiger partial charge in [-0.05, 0) is 17.5 Å². The topological polar surface area (TPSA) is 40.7 Å². The van der Waals surface area contributed by atoms with Gasteiger partial charge < -0.3 is 5.32 Å². The van der Waals surface area contributed by atoms with E-state index < -0.39 is 11.6 Å². The number of hydrogen-bond donors (Lipinski definition) is 2. The highest BCUT2D eigenvalue weighted by Gasteiger charge is 2.12. The molecule has 0 fully saturated rings. The van der Waals surface area contributed by atoms with Gasteiger partial charge in [-0.3, -0.25) is 5.10 Å². The van der Waals surface area contributed by atoms with Crippen LogP contribution in [0.5, 0.6) is 0 Å². The molecule has 7 heteroatoms. The largest absolute Gasteiger partial charge is 0.377 e. The molecule has 0 unspecified atom stereocenters. The molecule has 0 saturated carbocycles. The highest BCUT2D eigenvalue weighted by molar-refractivity contribution is 7.13. The first-order chi connectivity index (χ1) is 10.1. The predicted octanol–water partition coefficient (Wildman–Crippen LogP) is 4.68. The summed E-state index contributed by atoms with van der Waals surface area (Å²) in [6.07, 6.45) is 1.66. The number of H-pyrrole nitrogens is 1. The van der Waals surface area contributed by atoms with Crippen molar-refractivity contribution in [2.24, 2.45) is 0 Å². The van der Waals surface area contributed by atoms with Crippen LogP contribution in [0.4, 0.5) is 14.5 Å². The Hall–Kier alpha value is -1.92. The minimum atomic E-state index is -0.721.